The van der Waals surface area contributed by atoms with Gasteiger partial charge in [0.25, 0.3) is 0 Å². The molecule has 8 nitrogen and oxygen atoms in total. The zero-order valence-electron chi connectivity index (χ0n) is 15.7. The van der Waals surface area contributed by atoms with Crippen LogP contribution in [-0.2, 0) is 22.1 Å². The van der Waals surface area contributed by atoms with E-state index in [1.165, 1.54) is 11.6 Å². The number of hydrogen-bond acceptors (Lipinski definition) is 6. The summed E-state index contributed by atoms with van der Waals surface area (Å²) in [4.78, 5) is 30.3. The van der Waals surface area contributed by atoms with E-state index in [0.29, 0.717) is 30.5 Å². The van der Waals surface area contributed by atoms with E-state index in [-0.39, 0.29) is 5.75 Å². The van der Waals surface area contributed by atoms with Gasteiger partial charge in [0.15, 0.2) is 5.82 Å². The highest BCUT2D eigenvalue weighted by Crippen LogP contribution is 2.42. The SMILES string of the molecule is CC1CCc2c(nc(-c3ccccc3OP(=O)(O)O)nc2N2CCOCC2)C1. The molecule has 2 aromatic rings. The van der Waals surface area contributed by atoms with Crippen molar-refractivity contribution in [2.24, 2.45) is 5.92 Å². The molecule has 2 aliphatic rings. The van der Waals surface area contributed by atoms with Crippen molar-refractivity contribution in [3.8, 4) is 17.1 Å². The van der Waals surface area contributed by atoms with E-state index in [2.05, 4.69) is 11.8 Å². The second kappa shape index (κ2) is 7.79. The van der Waals surface area contributed by atoms with Gasteiger partial charge < -0.3 is 14.2 Å². The molecule has 1 aliphatic carbocycles. The summed E-state index contributed by atoms with van der Waals surface area (Å²) < 4.78 is 21.8. The molecule has 9 heteroatoms. The van der Waals surface area contributed by atoms with E-state index in [9.17, 15) is 14.4 Å². The van der Waals surface area contributed by atoms with Crippen LogP contribution < -0.4 is 9.42 Å². The summed E-state index contributed by atoms with van der Waals surface area (Å²) >= 11 is 0. The summed E-state index contributed by atoms with van der Waals surface area (Å²) in [6, 6.07) is 6.69. The van der Waals surface area contributed by atoms with Crippen LogP contribution in [0.4, 0.5) is 5.82 Å². The van der Waals surface area contributed by atoms with Crippen LogP contribution in [0.2, 0.25) is 0 Å². The third kappa shape index (κ3) is 4.20. The van der Waals surface area contributed by atoms with Crippen molar-refractivity contribution in [2.45, 2.75) is 26.2 Å². The van der Waals surface area contributed by atoms with Crippen LogP contribution in [0.15, 0.2) is 24.3 Å². The molecule has 2 heterocycles. The predicted molar refractivity (Wildman–Crippen MR) is 104 cm³/mol. The molecule has 0 radical (unpaired) electrons. The molecule has 2 N–H and O–H groups in total. The summed E-state index contributed by atoms with van der Waals surface area (Å²) in [6.45, 7) is 5.05. The number of para-hydroxylation sites is 1. The monoisotopic (exact) mass is 405 g/mol. The average Bonchev–Trinajstić information content (AvgIpc) is 2.67. The summed E-state index contributed by atoms with van der Waals surface area (Å²) in [6.07, 6.45) is 2.90. The first-order valence-corrected chi connectivity index (χ1v) is 11.0. The third-order valence-electron chi connectivity index (χ3n) is 5.16. The standard InChI is InChI=1S/C19H24N3O5P/c1-13-6-7-14-16(12-13)20-18(21-19(14)22-8-10-26-11-9-22)15-4-2-3-5-17(15)27-28(23,24)25/h2-5,13H,6-12H2,1H3,(H2,23,24,25). The van der Waals surface area contributed by atoms with Crippen molar-refractivity contribution in [1.82, 2.24) is 9.97 Å². The molecule has 1 aromatic heterocycles. The molecule has 1 fully saturated rings. The highest BCUT2D eigenvalue weighted by atomic mass is 31.2. The van der Waals surface area contributed by atoms with Gasteiger partial charge in [0.2, 0.25) is 0 Å². The molecule has 1 saturated heterocycles. The minimum atomic E-state index is -4.69. The number of rotatable bonds is 4. The Balaban J connectivity index is 1.82. The lowest BCUT2D eigenvalue weighted by atomic mass is 9.88. The number of phosphoric acid groups is 1. The Bertz CT molecular complexity index is 910. The van der Waals surface area contributed by atoms with Crippen molar-refractivity contribution in [3.05, 3.63) is 35.5 Å². The van der Waals surface area contributed by atoms with E-state index in [1.807, 2.05) is 0 Å². The van der Waals surface area contributed by atoms with Gasteiger partial charge in [0, 0.05) is 18.7 Å². The lowest BCUT2D eigenvalue weighted by Gasteiger charge is -2.32. The quantitative estimate of drug-likeness (QED) is 0.748. The van der Waals surface area contributed by atoms with Crippen LogP contribution in [0.25, 0.3) is 11.4 Å². The van der Waals surface area contributed by atoms with Crippen molar-refractivity contribution in [1.29, 1.82) is 0 Å². The summed E-state index contributed by atoms with van der Waals surface area (Å²) in [5, 5.41) is 0. The van der Waals surface area contributed by atoms with E-state index in [1.54, 1.807) is 18.2 Å². The maximum atomic E-state index is 11.4. The molecule has 4 rings (SSSR count). The minimum absolute atomic E-state index is 0.0765. The highest BCUT2D eigenvalue weighted by Gasteiger charge is 2.27. The van der Waals surface area contributed by atoms with Crippen LogP contribution in [0.5, 0.6) is 5.75 Å². The largest absolute Gasteiger partial charge is 0.524 e. The van der Waals surface area contributed by atoms with E-state index in [4.69, 9.17) is 19.2 Å². The summed E-state index contributed by atoms with van der Waals surface area (Å²) in [7, 11) is -4.69. The number of ether oxygens (including phenoxy) is 1. The first kappa shape index (κ1) is 19.3. The molecule has 1 aromatic carbocycles. The van der Waals surface area contributed by atoms with Gasteiger partial charge in [-0.05, 0) is 37.3 Å². The van der Waals surface area contributed by atoms with Gasteiger partial charge >= 0.3 is 7.82 Å². The molecular formula is C19H24N3O5P. The molecule has 1 atom stereocenters. The maximum Gasteiger partial charge on any atom is 0.524 e. The lowest BCUT2D eigenvalue weighted by Crippen LogP contribution is -2.38. The second-order valence-corrected chi connectivity index (χ2v) is 8.49. The smallest absolute Gasteiger partial charge is 0.403 e. The minimum Gasteiger partial charge on any atom is -0.403 e. The molecular weight excluding hydrogens is 381 g/mol. The van der Waals surface area contributed by atoms with Gasteiger partial charge in [0.05, 0.1) is 24.5 Å². The molecule has 0 saturated carbocycles. The zero-order valence-corrected chi connectivity index (χ0v) is 16.6. The molecule has 1 aliphatic heterocycles. The van der Waals surface area contributed by atoms with Crippen LogP contribution in [0.3, 0.4) is 0 Å². The van der Waals surface area contributed by atoms with E-state index >= 15 is 0 Å². The second-order valence-electron chi connectivity index (χ2n) is 7.32. The number of benzene rings is 1. The number of phosphoric ester groups is 1. The van der Waals surface area contributed by atoms with Gasteiger partial charge in [-0.3, -0.25) is 9.79 Å². The Morgan fingerprint density at radius 1 is 1.21 bits per heavy atom. The number of fused-ring (bicyclic) bond motifs is 1. The third-order valence-corrected chi connectivity index (χ3v) is 5.59. The summed E-state index contributed by atoms with van der Waals surface area (Å²) in [5.74, 6) is 1.95. The average molecular weight is 405 g/mol. The fourth-order valence-corrected chi connectivity index (χ4v) is 4.20. The molecule has 0 spiro atoms. The van der Waals surface area contributed by atoms with Gasteiger partial charge in [-0.15, -0.1) is 0 Å². The van der Waals surface area contributed by atoms with E-state index < -0.39 is 7.82 Å². The van der Waals surface area contributed by atoms with Crippen molar-refractivity contribution < 1.29 is 23.6 Å². The Hall–Kier alpha value is -1.99. The topological polar surface area (TPSA) is 105 Å². The first-order chi connectivity index (χ1) is 13.4. The number of hydrogen-bond donors (Lipinski definition) is 2. The fraction of sp³-hybridized carbons (Fsp3) is 0.474. The number of aromatic nitrogens is 2. The van der Waals surface area contributed by atoms with E-state index in [0.717, 1.165) is 43.9 Å². The number of nitrogens with zero attached hydrogens (tertiary/aromatic N) is 3. The Morgan fingerprint density at radius 3 is 2.71 bits per heavy atom. The molecule has 150 valence electrons. The Morgan fingerprint density at radius 2 is 1.96 bits per heavy atom. The lowest BCUT2D eigenvalue weighted by molar-refractivity contribution is 0.122. The van der Waals surface area contributed by atoms with Gasteiger partial charge in [-0.2, -0.15) is 0 Å². The zero-order chi connectivity index (χ0) is 19.7. The number of anilines is 1. The Kier molecular flexibility index (Phi) is 5.38. The van der Waals surface area contributed by atoms with Crippen molar-refractivity contribution >= 4 is 13.6 Å². The molecule has 0 bridgehead atoms. The van der Waals surface area contributed by atoms with Crippen LogP contribution >= 0.6 is 7.82 Å². The van der Waals surface area contributed by atoms with Gasteiger partial charge in [-0.1, -0.05) is 19.1 Å². The number of morpholine rings is 1. The normalized spacial score (nSPS) is 20.0. The fourth-order valence-electron chi connectivity index (χ4n) is 3.78. The Labute approximate surface area is 163 Å². The van der Waals surface area contributed by atoms with Crippen LogP contribution in [0, 0.1) is 5.92 Å². The first-order valence-electron chi connectivity index (χ1n) is 9.48. The molecule has 28 heavy (non-hydrogen) atoms. The molecule has 1 unspecified atom stereocenters. The van der Waals surface area contributed by atoms with Crippen LogP contribution in [0.1, 0.15) is 24.6 Å². The highest BCUT2D eigenvalue weighted by molar-refractivity contribution is 7.46. The summed E-state index contributed by atoms with van der Waals surface area (Å²) in [5.41, 5.74) is 2.66. The van der Waals surface area contributed by atoms with Crippen LogP contribution in [-0.4, -0.2) is 46.1 Å². The maximum absolute atomic E-state index is 11.4. The van der Waals surface area contributed by atoms with Gasteiger partial charge in [-0.25, -0.2) is 14.5 Å². The van der Waals surface area contributed by atoms with Gasteiger partial charge in [0.1, 0.15) is 11.6 Å². The molecule has 0 amide bonds. The van der Waals surface area contributed by atoms with Crippen molar-refractivity contribution in [2.75, 3.05) is 31.2 Å². The predicted octanol–water partition coefficient (Wildman–Crippen LogP) is 2.58. The van der Waals surface area contributed by atoms with Crippen molar-refractivity contribution in [3.63, 3.8) is 0 Å².